The van der Waals surface area contributed by atoms with Crippen molar-refractivity contribution >= 4 is 23.2 Å². The zero-order chi connectivity index (χ0) is 14.7. The lowest BCUT2D eigenvalue weighted by Crippen LogP contribution is -2.22. The van der Waals surface area contributed by atoms with Crippen molar-refractivity contribution < 1.29 is 14.7 Å². The van der Waals surface area contributed by atoms with E-state index in [0.717, 1.165) is 29.0 Å². The third-order valence-electron chi connectivity index (χ3n) is 2.81. The molecule has 2 rings (SSSR count). The first kappa shape index (κ1) is 14.3. The van der Waals surface area contributed by atoms with Crippen LogP contribution in [0.1, 0.15) is 37.5 Å². The minimum absolute atomic E-state index is 0.158. The zero-order valence-corrected chi connectivity index (χ0v) is 12.0. The molecular weight excluding hydrogens is 278 g/mol. The van der Waals surface area contributed by atoms with Crippen molar-refractivity contribution in [3.05, 3.63) is 39.3 Å². The fourth-order valence-corrected chi connectivity index (χ4v) is 2.63. The van der Waals surface area contributed by atoms with Gasteiger partial charge in [0.2, 0.25) is 0 Å². The molecule has 0 aliphatic rings. The highest BCUT2D eigenvalue weighted by Gasteiger charge is 2.13. The third kappa shape index (κ3) is 3.05. The molecule has 2 aromatic heterocycles. The predicted octanol–water partition coefficient (Wildman–Crippen LogP) is 1.67. The molecule has 0 saturated carbocycles. The summed E-state index contributed by atoms with van der Waals surface area (Å²) < 4.78 is 1.72. The molecule has 0 aliphatic heterocycles. The summed E-state index contributed by atoms with van der Waals surface area (Å²) in [5.74, 6) is -1.29. The van der Waals surface area contributed by atoms with Crippen LogP contribution in [0.2, 0.25) is 0 Å². The molecule has 6 nitrogen and oxygen atoms in total. The molecule has 0 saturated heterocycles. The van der Waals surface area contributed by atoms with E-state index in [0.29, 0.717) is 11.4 Å². The normalized spacial score (nSPS) is 10.5. The number of hydrogen-bond acceptors (Lipinski definition) is 4. The van der Waals surface area contributed by atoms with Gasteiger partial charge in [0.1, 0.15) is 4.88 Å². The van der Waals surface area contributed by atoms with Crippen LogP contribution in [0, 0.1) is 0 Å². The molecule has 0 atom stereocenters. The number of carboxylic acid groups (broad SMARTS) is 1. The van der Waals surface area contributed by atoms with Gasteiger partial charge in [-0.25, -0.2) is 4.79 Å². The van der Waals surface area contributed by atoms with Crippen LogP contribution >= 0.6 is 11.3 Å². The number of hydrogen-bond donors (Lipinski definition) is 2. The van der Waals surface area contributed by atoms with Gasteiger partial charge >= 0.3 is 5.97 Å². The molecule has 2 heterocycles. The Morgan fingerprint density at radius 2 is 2.10 bits per heavy atom. The number of carbonyl (C=O) groups excluding carboxylic acids is 1. The monoisotopic (exact) mass is 293 g/mol. The van der Waals surface area contributed by atoms with Crippen molar-refractivity contribution in [3.8, 4) is 0 Å². The minimum atomic E-state index is -1.02. The standard InChI is InChI=1S/C13H15N3O3S/c1-3-9-8(7-16(2)15-9)6-14-12(17)10-4-5-11(20-10)13(18)19/h4-5,7H,3,6H2,1-2H3,(H,14,17)(H,18,19). The van der Waals surface area contributed by atoms with Crippen LogP contribution < -0.4 is 5.32 Å². The van der Waals surface area contributed by atoms with Gasteiger partial charge in [0, 0.05) is 25.4 Å². The minimum Gasteiger partial charge on any atom is -0.477 e. The lowest BCUT2D eigenvalue weighted by molar-refractivity contribution is 0.0702. The van der Waals surface area contributed by atoms with E-state index in [1.165, 1.54) is 12.1 Å². The van der Waals surface area contributed by atoms with Gasteiger partial charge in [-0.15, -0.1) is 11.3 Å². The van der Waals surface area contributed by atoms with Gasteiger partial charge in [-0.1, -0.05) is 6.92 Å². The van der Waals surface area contributed by atoms with E-state index in [1.807, 2.05) is 20.2 Å². The summed E-state index contributed by atoms with van der Waals surface area (Å²) in [6.45, 7) is 2.39. The zero-order valence-electron chi connectivity index (χ0n) is 11.2. The largest absolute Gasteiger partial charge is 0.477 e. The van der Waals surface area contributed by atoms with Crippen LogP contribution in [0.25, 0.3) is 0 Å². The number of aromatic carboxylic acids is 1. The number of aryl methyl sites for hydroxylation is 2. The third-order valence-corrected chi connectivity index (χ3v) is 3.88. The Kier molecular flexibility index (Phi) is 4.19. The molecule has 0 bridgehead atoms. The van der Waals surface area contributed by atoms with E-state index < -0.39 is 5.97 Å². The summed E-state index contributed by atoms with van der Waals surface area (Å²) in [6, 6.07) is 2.96. The Morgan fingerprint density at radius 3 is 2.70 bits per heavy atom. The Hall–Kier alpha value is -2.15. The quantitative estimate of drug-likeness (QED) is 0.878. The number of carbonyl (C=O) groups is 2. The molecule has 0 fully saturated rings. The number of carboxylic acids is 1. The number of amides is 1. The Labute approximate surface area is 120 Å². The fraction of sp³-hybridized carbons (Fsp3) is 0.308. The maximum atomic E-state index is 11.9. The Bertz CT molecular complexity index is 645. The van der Waals surface area contributed by atoms with Crippen LogP contribution in [0.15, 0.2) is 18.3 Å². The molecule has 0 aromatic carbocycles. The van der Waals surface area contributed by atoms with Crippen molar-refractivity contribution in [2.24, 2.45) is 7.05 Å². The second-order valence-corrected chi connectivity index (χ2v) is 5.36. The van der Waals surface area contributed by atoms with Crippen molar-refractivity contribution in [3.63, 3.8) is 0 Å². The summed E-state index contributed by atoms with van der Waals surface area (Å²) in [5.41, 5.74) is 1.92. The van der Waals surface area contributed by atoms with Gasteiger partial charge in [0.15, 0.2) is 0 Å². The van der Waals surface area contributed by atoms with Crippen molar-refractivity contribution in [2.75, 3.05) is 0 Å². The second-order valence-electron chi connectivity index (χ2n) is 4.28. The molecule has 7 heteroatoms. The predicted molar refractivity (Wildman–Crippen MR) is 75.0 cm³/mol. The summed E-state index contributed by atoms with van der Waals surface area (Å²) >= 11 is 0.967. The molecule has 20 heavy (non-hydrogen) atoms. The maximum absolute atomic E-state index is 11.9. The topological polar surface area (TPSA) is 84.2 Å². The molecule has 0 aliphatic carbocycles. The molecule has 2 N–H and O–H groups in total. The highest BCUT2D eigenvalue weighted by molar-refractivity contribution is 7.15. The van der Waals surface area contributed by atoms with E-state index >= 15 is 0 Å². The van der Waals surface area contributed by atoms with Gasteiger partial charge in [0.25, 0.3) is 5.91 Å². The molecule has 0 unspecified atom stereocenters. The lowest BCUT2D eigenvalue weighted by Gasteiger charge is -2.02. The molecular formula is C13H15N3O3S. The van der Waals surface area contributed by atoms with Gasteiger partial charge in [-0.05, 0) is 18.6 Å². The summed E-state index contributed by atoms with van der Waals surface area (Å²) in [5, 5.41) is 15.9. The Balaban J connectivity index is 2.02. The fourth-order valence-electron chi connectivity index (χ4n) is 1.87. The van der Waals surface area contributed by atoms with E-state index in [-0.39, 0.29) is 10.8 Å². The first-order chi connectivity index (χ1) is 9.51. The van der Waals surface area contributed by atoms with E-state index in [9.17, 15) is 9.59 Å². The van der Waals surface area contributed by atoms with Crippen LogP contribution in [0.3, 0.4) is 0 Å². The van der Waals surface area contributed by atoms with Gasteiger partial charge in [-0.3, -0.25) is 9.48 Å². The van der Waals surface area contributed by atoms with E-state index in [2.05, 4.69) is 10.4 Å². The van der Waals surface area contributed by atoms with Crippen molar-refractivity contribution in [1.29, 1.82) is 0 Å². The highest BCUT2D eigenvalue weighted by Crippen LogP contribution is 2.16. The molecule has 0 spiro atoms. The molecule has 106 valence electrons. The van der Waals surface area contributed by atoms with Crippen molar-refractivity contribution in [1.82, 2.24) is 15.1 Å². The first-order valence-electron chi connectivity index (χ1n) is 6.14. The van der Waals surface area contributed by atoms with Gasteiger partial charge in [-0.2, -0.15) is 5.10 Å². The highest BCUT2D eigenvalue weighted by atomic mass is 32.1. The van der Waals surface area contributed by atoms with Crippen LogP contribution in [-0.4, -0.2) is 26.8 Å². The summed E-state index contributed by atoms with van der Waals surface area (Å²) in [4.78, 5) is 23.3. The summed E-state index contributed by atoms with van der Waals surface area (Å²) in [6.07, 6.45) is 2.67. The number of rotatable bonds is 5. The van der Waals surface area contributed by atoms with Crippen LogP contribution in [-0.2, 0) is 20.0 Å². The summed E-state index contributed by atoms with van der Waals surface area (Å²) in [7, 11) is 1.84. The van der Waals surface area contributed by atoms with Crippen molar-refractivity contribution in [2.45, 2.75) is 19.9 Å². The Morgan fingerprint density at radius 1 is 1.40 bits per heavy atom. The SMILES string of the molecule is CCc1nn(C)cc1CNC(=O)c1ccc(C(=O)O)s1. The number of nitrogens with zero attached hydrogens (tertiary/aromatic N) is 2. The van der Waals surface area contributed by atoms with Gasteiger partial charge < -0.3 is 10.4 Å². The maximum Gasteiger partial charge on any atom is 0.345 e. The molecule has 1 amide bonds. The number of nitrogens with one attached hydrogen (secondary N) is 1. The number of aromatic nitrogens is 2. The number of thiophene rings is 1. The lowest BCUT2D eigenvalue weighted by atomic mass is 10.2. The van der Waals surface area contributed by atoms with E-state index in [4.69, 9.17) is 5.11 Å². The average molecular weight is 293 g/mol. The van der Waals surface area contributed by atoms with Gasteiger partial charge in [0.05, 0.1) is 10.6 Å². The molecule has 0 radical (unpaired) electrons. The average Bonchev–Trinajstić information content (AvgIpc) is 3.02. The smallest absolute Gasteiger partial charge is 0.345 e. The van der Waals surface area contributed by atoms with Crippen LogP contribution in [0.4, 0.5) is 0 Å². The molecule has 2 aromatic rings. The van der Waals surface area contributed by atoms with E-state index in [1.54, 1.807) is 4.68 Å². The van der Waals surface area contributed by atoms with Crippen LogP contribution in [0.5, 0.6) is 0 Å². The second kappa shape index (κ2) is 5.87. The first-order valence-corrected chi connectivity index (χ1v) is 6.95.